The number of hydrogen-bond acceptors (Lipinski definition) is 4. The molecule has 1 atom stereocenters. The molecule has 1 fully saturated rings. The first-order valence-electron chi connectivity index (χ1n) is 9.14. The van der Waals surface area contributed by atoms with Crippen LogP contribution in [0, 0.1) is 5.92 Å². The van der Waals surface area contributed by atoms with Crippen molar-refractivity contribution in [1.29, 1.82) is 0 Å². The molecule has 1 heterocycles. The minimum atomic E-state index is -1.65. The van der Waals surface area contributed by atoms with Crippen LogP contribution in [0.15, 0.2) is 24.3 Å². The molecule has 1 aliphatic rings. The number of nitrogens with two attached hydrogens (primary N) is 1. The van der Waals surface area contributed by atoms with E-state index in [4.69, 9.17) is 10.3 Å². The van der Waals surface area contributed by atoms with Gasteiger partial charge in [-0.2, -0.15) is 0 Å². The number of nitrogens with one attached hydrogen (secondary N) is 1. The Balaban J connectivity index is 1.87. The number of nitrogens with zero attached hydrogens (tertiary/aromatic N) is 1. The lowest BCUT2D eigenvalue weighted by Gasteiger charge is -2.36. The number of anilines is 1. The van der Waals surface area contributed by atoms with Crippen LogP contribution in [0.3, 0.4) is 0 Å². The summed E-state index contributed by atoms with van der Waals surface area (Å²) < 4.78 is 6.32. The van der Waals surface area contributed by atoms with Gasteiger partial charge in [-0.15, -0.1) is 0 Å². The molecule has 0 saturated carbocycles. The van der Waals surface area contributed by atoms with E-state index in [1.807, 2.05) is 12.1 Å². The molecule has 0 spiro atoms. The van der Waals surface area contributed by atoms with E-state index in [2.05, 4.69) is 50.3 Å². The van der Waals surface area contributed by atoms with Crippen molar-refractivity contribution in [2.45, 2.75) is 51.7 Å². The molecule has 1 aromatic rings. The average Bonchev–Trinajstić information content (AvgIpc) is 3.02. The Bertz CT molecular complexity index is 599. The maximum absolute atomic E-state index is 11.7. The van der Waals surface area contributed by atoms with Crippen molar-refractivity contribution in [1.82, 2.24) is 5.43 Å². The summed E-state index contributed by atoms with van der Waals surface area (Å²) in [5.74, 6) is 5.63. The lowest BCUT2D eigenvalue weighted by atomic mass is 10.1. The van der Waals surface area contributed by atoms with E-state index >= 15 is 0 Å². The standard InChI is InChI=1S/C19H33N3O2Si/c1-19(2,3)25(4,5)24-12-10-15-9-11-22(14-15)17-8-6-7-16(13-17)18(23)21-20/h6-8,13,15H,9-12,14,20H2,1-5H3,(H,21,23). The van der Waals surface area contributed by atoms with E-state index in [9.17, 15) is 4.79 Å². The topological polar surface area (TPSA) is 67.6 Å². The molecule has 1 amide bonds. The van der Waals surface area contributed by atoms with E-state index in [-0.39, 0.29) is 10.9 Å². The lowest BCUT2D eigenvalue weighted by molar-refractivity contribution is 0.0953. The molecule has 0 aliphatic carbocycles. The van der Waals surface area contributed by atoms with Gasteiger partial charge in [0, 0.05) is 30.9 Å². The van der Waals surface area contributed by atoms with Crippen LogP contribution >= 0.6 is 0 Å². The molecule has 140 valence electrons. The fraction of sp³-hybridized carbons (Fsp3) is 0.632. The SMILES string of the molecule is CC(C)(C)[Si](C)(C)OCCC1CCN(c2cccc(C(=O)NN)c2)C1. The first kappa shape index (κ1) is 19.9. The Morgan fingerprint density at radius 2 is 2.12 bits per heavy atom. The van der Waals surface area contributed by atoms with Crippen molar-refractivity contribution in [3.8, 4) is 0 Å². The van der Waals surface area contributed by atoms with E-state index < -0.39 is 8.32 Å². The van der Waals surface area contributed by atoms with Crippen LogP contribution in [0.4, 0.5) is 5.69 Å². The van der Waals surface area contributed by atoms with Crippen molar-refractivity contribution in [3.63, 3.8) is 0 Å². The molecule has 1 aromatic carbocycles. The van der Waals surface area contributed by atoms with Crippen LogP contribution in [0.2, 0.25) is 18.1 Å². The van der Waals surface area contributed by atoms with Gasteiger partial charge in [-0.1, -0.05) is 26.8 Å². The molecule has 6 heteroatoms. The lowest BCUT2D eigenvalue weighted by Crippen LogP contribution is -2.41. The number of amides is 1. The van der Waals surface area contributed by atoms with Crippen molar-refractivity contribution in [2.24, 2.45) is 11.8 Å². The molecule has 5 nitrogen and oxygen atoms in total. The minimum absolute atomic E-state index is 0.250. The van der Waals surface area contributed by atoms with Gasteiger partial charge in [0.05, 0.1) is 0 Å². The van der Waals surface area contributed by atoms with Crippen molar-refractivity contribution in [3.05, 3.63) is 29.8 Å². The molecule has 25 heavy (non-hydrogen) atoms. The Kier molecular flexibility index (Phi) is 6.29. The van der Waals surface area contributed by atoms with Gasteiger partial charge in [0.25, 0.3) is 5.91 Å². The Hall–Kier alpha value is -1.37. The predicted octanol–water partition coefficient (Wildman–Crippen LogP) is 3.53. The van der Waals surface area contributed by atoms with Gasteiger partial charge in [-0.3, -0.25) is 10.2 Å². The molecule has 0 bridgehead atoms. The summed E-state index contributed by atoms with van der Waals surface area (Å²) in [4.78, 5) is 14.0. The van der Waals surface area contributed by atoms with Crippen LogP contribution in [-0.4, -0.2) is 33.9 Å². The molecule has 0 aromatic heterocycles. The molecule has 3 N–H and O–H groups in total. The number of carbonyl (C=O) groups excluding carboxylic acids is 1. The summed E-state index contributed by atoms with van der Waals surface area (Å²) in [6.45, 7) is 14.4. The zero-order chi connectivity index (χ0) is 18.7. The highest BCUT2D eigenvalue weighted by atomic mass is 28.4. The second kappa shape index (κ2) is 7.89. The number of carbonyl (C=O) groups is 1. The number of rotatable bonds is 6. The summed E-state index contributed by atoms with van der Waals surface area (Å²) in [6, 6.07) is 7.67. The maximum atomic E-state index is 11.7. The zero-order valence-corrected chi connectivity index (χ0v) is 17.3. The third-order valence-corrected chi connectivity index (χ3v) is 10.2. The van der Waals surface area contributed by atoms with Gasteiger partial charge in [0.2, 0.25) is 0 Å². The number of hydrazine groups is 1. The van der Waals surface area contributed by atoms with Gasteiger partial charge >= 0.3 is 0 Å². The van der Waals surface area contributed by atoms with E-state index in [1.165, 1.54) is 6.42 Å². The quantitative estimate of drug-likeness (QED) is 0.351. The zero-order valence-electron chi connectivity index (χ0n) is 16.3. The van der Waals surface area contributed by atoms with Crippen LogP contribution in [0.25, 0.3) is 0 Å². The summed E-state index contributed by atoms with van der Waals surface area (Å²) in [7, 11) is -1.65. The first-order chi connectivity index (χ1) is 11.6. The molecular weight excluding hydrogens is 330 g/mol. The number of hydrogen-bond donors (Lipinski definition) is 2. The van der Waals surface area contributed by atoms with Gasteiger partial charge in [-0.25, -0.2) is 5.84 Å². The second-order valence-corrected chi connectivity index (χ2v) is 13.3. The number of benzene rings is 1. The third kappa shape index (κ3) is 5.06. The van der Waals surface area contributed by atoms with Crippen molar-refractivity contribution >= 4 is 19.9 Å². The molecule has 2 rings (SSSR count). The van der Waals surface area contributed by atoms with Gasteiger partial charge in [-0.05, 0) is 55.1 Å². The fourth-order valence-electron chi connectivity index (χ4n) is 2.93. The van der Waals surface area contributed by atoms with Gasteiger partial charge in [0.15, 0.2) is 8.32 Å². The number of nitrogen functional groups attached to an aromatic ring is 1. The monoisotopic (exact) mass is 363 g/mol. The van der Waals surface area contributed by atoms with Crippen LogP contribution in [0.5, 0.6) is 0 Å². The van der Waals surface area contributed by atoms with E-state index in [0.29, 0.717) is 11.5 Å². The molecule has 1 aliphatic heterocycles. The summed E-state index contributed by atoms with van der Waals surface area (Å²) in [5.41, 5.74) is 3.88. The highest BCUT2D eigenvalue weighted by molar-refractivity contribution is 6.74. The van der Waals surface area contributed by atoms with Crippen LogP contribution in [-0.2, 0) is 4.43 Å². The van der Waals surface area contributed by atoms with Gasteiger partial charge < -0.3 is 9.33 Å². The maximum Gasteiger partial charge on any atom is 0.265 e. The highest BCUT2D eigenvalue weighted by Crippen LogP contribution is 2.37. The smallest absolute Gasteiger partial charge is 0.265 e. The average molecular weight is 364 g/mol. The minimum Gasteiger partial charge on any atom is -0.417 e. The van der Waals surface area contributed by atoms with Gasteiger partial charge in [0.1, 0.15) is 0 Å². The molecule has 1 unspecified atom stereocenters. The van der Waals surface area contributed by atoms with E-state index in [1.54, 1.807) is 6.07 Å². The predicted molar refractivity (Wildman–Crippen MR) is 106 cm³/mol. The molecular formula is C19H33N3O2Si. The molecule has 0 radical (unpaired) electrons. The fourth-order valence-corrected chi connectivity index (χ4v) is 3.99. The molecule has 1 saturated heterocycles. The van der Waals surface area contributed by atoms with Crippen LogP contribution < -0.4 is 16.2 Å². The second-order valence-electron chi connectivity index (χ2n) is 8.52. The van der Waals surface area contributed by atoms with Crippen LogP contribution in [0.1, 0.15) is 44.0 Å². The Morgan fingerprint density at radius 1 is 1.40 bits per heavy atom. The first-order valence-corrected chi connectivity index (χ1v) is 12.0. The largest absolute Gasteiger partial charge is 0.417 e. The normalized spacial score (nSPS) is 18.5. The van der Waals surface area contributed by atoms with Crippen molar-refractivity contribution in [2.75, 3.05) is 24.6 Å². The Labute approximate surface area is 153 Å². The van der Waals surface area contributed by atoms with E-state index in [0.717, 1.165) is 31.8 Å². The summed E-state index contributed by atoms with van der Waals surface area (Å²) in [5, 5.41) is 0.263. The Morgan fingerprint density at radius 3 is 2.76 bits per heavy atom. The summed E-state index contributed by atoms with van der Waals surface area (Å²) in [6.07, 6.45) is 2.28. The summed E-state index contributed by atoms with van der Waals surface area (Å²) >= 11 is 0. The van der Waals surface area contributed by atoms with Crippen molar-refractivity contribution < 1.29 is 9.22 Å². The third-order valence-electron chi connectivity index (χ3n) is 5.69. The highest BCUT2D eigenvalue weighted by Gasteiger charge is 2.37.